The Balaban J connectivity index is 2.11. The lowest BCUT2D eigenvalue weighted by atomic mass is 10.1. The third-order valence-electron chi connectivity index (χ3n) is 2.40. The fourth-order valence-electron chi connectivity index (χ4n) is 1.51. The first-order valence-electron chi connectivity index (χ1n) is 6.07. The standard InChI is InChI=1S/C15H13N3O2/c19-9-2-1-4-12-5-3-6-13(10-12)15(20)18-14-11-16-7-8-17-14/h3,5-8,10-11,19H,2,9H2,(H,17,18,20). The van der Waals surface area contributed by atoms with Crippen LogP contribution in [0.1, 0.15) is 22.3 Å². The second-order valence-corrected chi connectivity index (χ2v) is 3.90. The summed E-state index contributed by atoms with van der Waals surface area (Å²) in [7, 11) is 0. The molecule has 0 aliphatic carbocycles. The number of anilines is 1. The van der Waals surface area contributed by atoms with Crippen LogP contribution in [0.4, 0.5) is 5.82 Å². The van der Waals surface area contributed by atoms with E-state index >= 15 is 0 Å². The van der Waals surface area contributed by atoms with Crippen LogP contribution in [0.25, 0.3) is 0 Å². The van der Waals surface area contributed by atoms with Gasteiger partial charge < -0.3 is 10.4 Å². The van der Waals surface area contributed by atoms with Gasteiger partial charge in [0.25, 0.3) is 5.91 Å². The Morgan fingerprint density at radius 2 is 2.25 bits per heavy atom. The summed E-state index contributed by atoms with van der Waals surface area (Å²) in [5.74, 6) is 5.83. The third-order valence-corrected chi connectivity index (χ3v) is 2.40. The monoisotopic (exact) mass is 267 g/mol. The van der Waals surface area contributed by atoms with Crippen LogP contribution in [0.2, 0.25) is 0 Å². The van der Waals surface area contributed by atoms with Crippen LogP contribution < -0.4 is 5.32 Å². The molecule has 0 radical (unpaired) electrons. The molecule has 0 atom stereocenters. The zero-order valence-electron chi connectivity index (χ0n) is 10.7. The molecule has 0 fully saturated rings. The Hall–Kier alpha value is -2.71. The van der Waals surface area contributed by atoms with E-state index in [4.69, 9.17) is 5.11 Å². The molecule has 2 aromatic rings. The number of amides is 1. The second kappa shape index (κ2) is 7.02. The van der Waals surface area contributed by atoms with Gasteiger partial charge in [0.15, 0.2) is 5.82 Å². The first-order chi connectivity index (χ1) is 9.79. The number of hydrogen-bond donors (Lipinski definition) is 2. The summed E-state index contributed by atoms with van der Waals surface area (Å²) in [6.45, 7) is 0.0276. The molecule has 0 saturated carbocycles. The first kappa shape index (κ1) is 13.7. The lowest BCUT2D eigenvalue weighted by Gasteiger charge is -2.03. The maximum Gasteiger partial charge on any atom is 0.256 e. The molecule has 2 N–H and O–H groups in total. The third kappa shape index (κ3) is 3.90. The van der Waals surface area contributed by atoms with Crippen LogP contribution in [0.15, 0.2) is 42.9 Å². The summed E-state index contributed by atoms with van der Waals surface area (Å²) in [6, 6.07) is 6.96. The number of carbonyl (C=O) groups excluding carboxylic acids is 1. The van der Waals surface area contributed by atoms with Crippen molar-refractivity contribution in [2.75, 3.05) is 11.9 Å². The summed E-state index contributed by atoms with van der Waals surface area (Å²) in [5.41, 5.74) is 1.22. The summed E-state index contributed by atoms with van der Waals surface area (Å²) in [6.07, 6.45) is 4.93. The van der Waals surface area contributed by atoms with E-state index in [1.807, 2.05) is 6.07 Å². The van der Waals surface area contributed by atoms with E-state index in [1.165, 1.54) is 18.6 Å². The number of aliphatic hydroxyl groups is 1. The molecule has 5 nitrogen and oxygen atoms in total. The minimum atomic E-state index is -0.267. The molecule has 0 bridgehead atoms. The molecule has 100 valence electrons. The molecular weight excluding hydrogens is 254 g/mol. The molecule has 2 rings (SSSR count). The van der Waals surface area contributed by atoms with Crippen molar-refractivity contribution in [1.29, 1.82) is 0 Å². The lowest BCUT2D eigenvalue weighted by molar-refractivity contribution is 0.102. The largest absolute Gasteiger partial charge is 0.395 e. The Morgan fingerprint density at radius 3 is 3.00 bits per heavy atom. The smallest absolute Gasteiger partial charge is 0.256 e. The van der Waals surface area contributed by atoms with Crippen LogP contribution in [-0.2, 0) is 0 Å². The summed E-state index contributed by atoms with van der Waals surface area (Å²) < 4.78 is 0. The van der Waals surface area contributed by atoms with E-state index in [9.17, 15) is 4.79 Å². The zero-order valence-corrected chi connectivity index (χ0v) is 10.7. The fourth-order valence-corrected chi connectivity index (χ4v) is 1.51. The highest BCUT2D eigenvalue weighted by atomic mass is 16.2. The van der Waals surface area contributed by atoms with Crippen molar-refractivity contribution in [1.82, 2.24) is 9.97 Å². The quantitative estimate of drug-likeness (QED) is 0.826. The number of aliphatic hydroxyl groups excluding tert-OH is 1. The maximum atomic E-state index is 12.0. The Morgan fingerprint density at radius 1 is 1.35 bits per heavy atom. The Labute approximate surface area is 116 Å². The molecule has 5 heteroatoms. The van der Waals surface area contributed by atoms with Gasteiger partial charge in [-0.15, -0.1) is 0 Å². The van der Waals surface area contributed by atoms with Crippen molar-refractivity contribution in [3.8, 4) is 11.8 Å². The molecule has 1 aromatic carbocycles. The van der Waals surface area contributed by atoms with Crippen LogP contribution >= 0.6 is 0 Å². The van der Waals surface area contributed by atoms with Crippen molar-refractivity contribution < 1.29 is 9.90 Å². The van der Waals surface area contributed by atoms with Gasteiger partial charge in [0.1, 0.15) is 0 Å². The summed E-state index contributed by atoms with van der Waals surface area (Å²) in [5, 5.41) is 11.3. The second-order valence-electron chi connectivity index (χ2n) is 3.90. The number of aromatic nitrogens is 2. The van der Waals surface area contributed by atoms with E-state index in [0.717, 1.165) is 5.56 Å². The number of rotatable bonds is 3. The van der Waals surface area contributed by atoms with Crippen molar-refractivity contribution >= 4 is 11.7 Å². The highest BCUT2D eigenvalue weighted by Crippen LogP contribution is 2.07. The van der Waals surface area contributed by atoms with Crippen LogP contribution in [0.5, 0.6) is 0 Å². The predicted molar refractivity (Wildman–Crippen MR) is 75.0 cm³/mol. The number of hydrogen-bond acceptors (Lipinski definition) is 4. The Kier molecular flexibility index (Phi) is 4.81. The highest BCUT2D eigenvalue weighted by molar-refractivity contribution is 6.03. The van der Waals surface area contributed by atoms with Gasteiger partial charge in [0, 0.05) is 29.9 Å². The number of carbonyl (C=O) groups is 1. The molecule has 20 heavy (non-hydrogen) atoms. The van der Waals surface area contributed by atoms with Crippen LogP contribution in [0.3, 0.4) is 0 Å². The average Bonchev–Trinajstić information content (AvgIpc) is 2.49. The van der Waals surface area contributed by atoms with Gasteiger partial charge in [-0.05, 0) is 18.2 Å². The predicted octanol–water partition coefficient (Wildman–Crippen LogP) is 1.46. The minimum Gasteiger partial charge on any atom is -0.395 e. The van der Waals surface area contributed by atoms with Crippen molar-refractivity contribution in [2.24, 2.45) is 0 Å². The van der Waals surface area contributed by atoms with Crippen LogP contribution in [0, 0.1) is 11.8 Å². The zero-order chi connectivity index (χ0) is 14.2. The number of benzene rings is 1. The van der Waals surface area contributed by atoms with Crippen molar-refractivity contribution in [3.63, 3.8) is 0 Å². The SMILES string of the molecule is O=C(Nc1cnccn1)c1cccc(C#CCCO)c1. The van der Waals surface area contributed by atoms with Gasteiger partial charge in [-0.3, -0.25) is 9.78 Å². The summed E-state index contributed by atoms with van der Waals surface area (Å²) in [4.78, 5) is 19.9. The molecule has 1 amide bonds. The lowest BCUT2D eigenvalue weighted by Crippen LogP contribution is -2.13. The molecule has 0 saturated heterocycles. The minimum absolute atomic E-state index is 0.0276. The van der Waals surface area contributed by atoms with E-state index in [-0.39, 0.29) is 12.5 Å². The summed E-state index contributed by atoms with van der Waals surface area (Å²) >= 11 is 0. The van der Waals surface area contributed by atoms with E-state index < -0.39 is 0 Å². The van der Waals surface area contributed by atoms with Gasteiger partial charge >= 0.3 is 0 Å². The molecule has 0 unspecified atom stereocenters. The topological polar surface area (TPSA) is 75.1 Å². The number of nitrogens with one attached hydrogen (secondary N) is 1. The Bertz CT molecular complexity index is 645. The fraction of sp³-hybridized carbons (Fsp3) is 0.133. The van der Waals surface area contributed by atoms with E-state index in [2.05, 4.69) is 27.1 Å². The van der Waals surface area contributed by atoms with Gasteiger partial charge in [0.05, 0.1) is 12.8 Å². The molecule has 0 aliphatic rings. The first-order valence-corrected chi connectivity index (χ1v) is 6.07. The van der Waals surface area contributed by atoms with Crippen molar-refractivity contribution in [2.45, 2.75) is 6.42 Å². The van der Waals surface area contributed by atoms with E-state index in [1.54, 1.807) is 18.2 Å². The van der Waals surface area contributed by atoms with Crippen molar-refractivity contribution in [3.05, 3.63) is 54.0 Å². The van der Waals surface area contributed by atoms with E-state index in [0.29, 0.717) is 17.8 Å². The normalized spacial score (nSPS) is 9.45. The van der Waals surface area contributed by atoms with Gasteiger partial charge in [0.2, 0.25) is 0 Å². The van der Waals surface area contributed by atoms with Crippen LogP contribution in [-0.4, -0.2) is 27.6 Å². The van der Waals surface area contributed by atoms with Gasteiger partial charge in [-0.2, -0.15) is 0 Å². The molecule has 0 spiro atoms. The number of nitrogens with zero attached hydrogens (tertiary/aromatic N) is 2. The maximum absolute atomic E-state index is 12.0. The molecule has 0 aliphatic heterocycles. The molecule has 1 aromatic heterocycles. The molecule has 1 heterocycles. The average molecular weight is 267 g/mol. The molecular formula is C15H13N3O2. The van der Waals surface area contributed by atoms with Gasteiger partial charge in [-0.25, -0.2) is 4.98 Å². The highest BCUT2D eigenvalue weighted by Gasteiger charge is 2.06. The van der Waals surface area contributed by atoms with Gasteiger partial charge in [-0.1, -0.05) is 17.9 Å².